The Morgan fingerprint density at radius 2 is 2.17 bits per heavy atom. The van der Waals surface area contributed by atoms with Crippen LogP contribution in [0.2, 0.25) is 0 Å². The van der Waals surface area contributed by atoms with Crippen molar-refractivity contribution in [3.05, 3.63) is 58.6 Å². The largest absolute Gasteiger partial charge is 0.323 e. The minimum absolute atomic E-state index is 0.124. The zero-order valence-electron chi connectivity index (χ0n) is 9.36. The smallest absolute Gasteiger partial charge is 0.228 e. The average Bonchev–Trinajstić information content (AvgIpc) is 2.32. The molecule has 0 atom stereocenters. The minimum Gasteiger partial charge on any atom is -0.323 e. The third-order valence-corrected chi connectivity index (χ3v) is 2.92. The second kappa shape index (κ2) is 5.73. The average molecular weight is 309 g/mol. The van der Waals surface area contributed by atoms with E-state index in [0.717, 1.165) is 0 Å². The molecule has 1 amide bonds. The number of pyridine rings is 1. The predicted octanol–water partition coefficient (Wildman–Crippen LogP) is 3.16. The second-order valence-corrected chi connectivity index (χ2v) is 4.45. The first-order valence-corrected chi connectivity index (χ1v) is 6.09. The van der Waals surface area contributed by atoms with E-state index in [9.17, 15) is 9.18 Å². The number of nitrogens with one attached hydrogen (secondary N) is 1. The molecule has 92 valence electrons. The molecule has 0 fully saturated rings. The zero-order chi connectivity index (χ0) is 13.0. The van der Waals surface area contributed by atoms with Crippen LogP contribution < -0.4 is 5.32 Å². The number of aromatic nitrogens is 1. The van der Waals surface area contributed by atoms with Crippen molar-refractivity contribution < 1.29 is 9.18 Å². The van der Waals surface area contributed by atoms with E-state index in [0.29, 0.717) is 15.9 Å². The molecular formula is C13H10BrFN2O. The summed E-state index contributed by atoms with van der Waals surface area (Å²) in [4.78, 5) is 15.8. The van der Waals surface area contributed by atoms with Gasteiger partial charge in [0.15, 0.2) is 0 Å². The maximum absolute atomic E-state index is 13.0. The molecule has 1 aromatic heterocycles. The monoisotopic (exact) mass is 308 g/mol. The number of hydrogen-bond donors (Lipinski definition) is 1. The van der Waals surface area contributed by atoms with E-state index >= 15 is 0 Å². The van der Waals surface area contributed by atoms with E-state index in [1.807, 2.05) is 0 Å². The van der Waals surface area contributed by atoms with Crippen molar-refractivity contribution in [1.82, 2.24) is 4.98 Å². The van der Waals surface area contributed by atoms with E-state index < -0.39 is 0 Å². The van der Waals surface area contributed by atoms with Gasteiger partial charge < -0.3 is 5.32 Å². The lowest BCUT2D eigenvalue weighted by molar-refractivity contribution is -0.115. The van der Waals surface area contributed by atoms with Crippen LogP contribution in [0.3, 0.4) is 0 Å². The fraction of sp³-hybridized carbons (Fsp3) is 0.0769. The summed E-state index contributed by atoms with van der Waals surface area (Å²) in [6.07, 6.45) is 1.74. The number of carbonyl (C=O) groups excluding carboxylic acids is 1. The first kappa shape index (κ1) is 12.7. The van der Waals surface area contributed by atoms with Crippen LogP contribution in [0.1, 0.15) is 5.56 Å². The fourth-order valence-electron chi connectivity index (χ4n) is 1.51. The molecule has 18 heavy (non-hydrogen) atoms. The van der Waals surface area contributed by atoms with Gasteiger partial charge in [0.25, 0.3) is 0 Å². The third-order valence-electron chi connectivity index (χ3n) is 2.29. The quantitative estimate of drug-likeness (QED) is 0.885. The summed E-state index contributed by atoms with van der Waals surface area (Å²) in [5.41, 5.74) is 1.23. The van der Waals surface area contributed by atoms with Crippen molar-refractivity contribution in [2.75, 3.05) is 5.32 Å². The SMILES string of the molecule is O=C(Cc1cccc(F)c1)Nc1cccnc1Br. The Morgan fingerprint density at radius 1 is 1.33 bits per heavy atom. The summed E-state index contributed by atoms with van der Waals surface area (Å²) in [6.45, 7) is 0. The summed E-state index contributed by atoms with van der Waals surface area (Å²) in [6, 6.07) is 9.44. The topological polar surface area (TPSA) is 42.0 Å². The molecule has 1 aromatic carbocycles. The Hall–Kier alpha value is -1.75. The molecule has 1 N–H and O–H groups in total. The van der Waals surface area contributed by atoms with Crippen LogP contribution >= 0.6 is 15.9 Å². The van der Waals surface area contributed by atoms with Gasteiger partial charge in [-0.05, 0) is 45.8 Å². The minimum atomic E-state index is -0.345. The van der Waals surface area contributed by atoms with Gasteiger partial charge in [0.1, 0.15) is 10.4 Å². The van der Waals surface area contributed by atoms with Gasteiger partial charge in [-0.1, -0.05) is 12.1 Å². The Kier molecular flexibility index (Phi) is 4.04. The first-order valence-electron chi connectivity index (χ1n) is 5.30. The van der Waals surface area contributed by atoms with Crippen molar-refractivity contribution in [3.8, 4) is 0 Å². The molecule has 0 bridgehead atoms. The van der Waals surface area contributed by atoms with Gasteiger partial charge in [-0.15, -0.1) is 0 Å². The molecule has 0 saturated heterocycles. The Morgan fingerprint density at radius 3 is 2.89 bits per heavy atom. The van der Waals surface area contributed by atoms with Gasteiger partial charge in [-0.2, -0.15) is 0 Å². The van der Waals surface area contributed by atoms with E-state index in [-0.39, 0.29) is 18.1 Å². The van der Waals surface area contributed by atoms with E-state index in [1.54, 1.807) is 30.5 Å². The van der Waals surface area contributed by atoms with Crippen LogP contribution in [-0.2, 0) is 11.2 Å². The molecule has 2 rings (SSSR count). The standard InChI is InChI=1S/C13H10BrFN2O/c14-13-11(5-2-6-16-13)17-12(18)8-9-3-1-4-10(15)7-9/h1-7H,8H2,(H,17,18). The van der Waals surface area contributed by atoms with Crippen molar-refractivity contribution in [1.29, 1.82) is 0 Å². The highest BCUT2D eigenvalue weighted by molar-refractivity contribution is 9.10. The number of benzene rings is 1. The number of carbonyl (C=O) groups is 1. The molecule has 3 nitrogen and oxygen atoms in total. The van der Waals surface area contributed by atoms with Crippen molar-refractivity contribution in [2.45, 2.75) is 6.42 Å². The van der Waals surface area contributed by atoms with Gasteiger partial charge in [0, 0.05) is 6.20 Å². The summed E-state index contributed by atoms with van der Waals surface area (Å²) < 4.78 is 13.5. The molecule has 0 aliphatic heterocycles. The predicted molar refractivity (Wildman–Crippen MR) is 70.7 cm³/mol. The molecule has 5 heteroatoms. The maximum Gasteiger partial charge on any atom is 0.228 e. The molecule has 0 spiro atoms. The normalized spacial score (nSPS) is 10.1. The Balaban J connectivity index is 2.03. The second-order valence-electron chi connectivity index (χ2n) is 3.70. The Labute approximate surface area is 112 Å². The van der Waals surface area contributed by atoms with E-state index in [4.69, 9.17) is 0 Å². The molecule has 0 unspecified atom stereocenters. The molecule has 1 heterocycles. The molecule has 0 saturated carbocycles. The lowest BCUT2D eigenvalue weighted by Crippen LogP contribution is -2.15. The van der Waals surface area contributed by atoms with Crippen LogP contribution in [0.25, 0.3) is 0 Å². The Bertz CT molecular complexity index is 574. The number of hydrogen-bond acceptors (Lipinski definition) is 2. The summed E-state index contributed by atoms with van der Waals surface area (Å²) in [5.74, 6) is -0.558. The highest BCUT2D eigenvalue weighted by atomic mass is 79.9. The summed E-state index contributed by atoms with van der Waals surface area (Å²) in [7, 11) is 0. The third kappa shape index (κ3) is 3.37. The van der Waals surface area contributed by atoms with Crippen molar-refractivity contribution in [3.63, 3.8) is 0 Å². The van der Waals surface area contributed by atoms with Gasteiger partial charge >= 0.3 is 0 Å². The van der Waals surface area contributed by atoms with Gasteiger partial charge in [-0.3, -0.25) is 4.79 Å². The van der Waals surface area contributed by atoms with Gasteiger partial charge in [-0.25, -0.2) is 9.37 Å². The first-order chi connectivity index (χ1) is 8.65. The van der Waals surface area contributed by atoms with Crippen molar-refractivity contribution in [2.24, 2.45) is 0 Å². The molecule has 0 aliphatic rings. The van der Waals surface area contributed by atoms with Crippen LogP contribution in [0.4, 0.5) is 10.1 Å². The number of halogens is 2. The molecular weight excluding hydrogens is 299 g/mol. The zero-order valence-corrected chi connectivity index (χ0v) is 10.9. The highest BCUT2D eigenvalue weighted by Crippen LogP contribution is 2.18. The van der Waals surface area contributed by atoms with Crippen LogP contribution in [-0.4, -0.2) is 10.9 Å². The summed E-state index contributed by atoms with van der Waals surface area (Å²) in [5, 5.41) is 2.71. The molecule has 0 aliphatic carbocycles. The maximum atomic E-state index is 13.0. The highest BCUT2D eigenvalue weighted by Gasteiger charge is 2.07. The van der Waals surface area contributed by atoms with E-state index in [1.165, 1.54) is 12.1 Å². The number of anilines is 1. The van der Waals surface area contributed by atoms with Crippen LogP contribution in [0, 0.1) is 5.82 Å². The van der Waals surface area contributed by atoms with Gasteiger partial charge in [0.05, 0.1) is 12.1 Å². The molecule has 2 aromatic rings. The van der Waals surface area contributed by atoms with E-state index in [2.05, 4.69) is 26.2 Å². The van der Waals surface area contributed by atoms with Crippen LogP contribution in [0.15, 0.2) is 47.2 Å². The lowest BCUT2D eigenvalue weighted by atomic mass is 10.1. The number of nitrogens with zero attached hydrogens (tertiary/aromatic N) is 1. The van der Waals surface area contributed by atoms with Gasteiger partial charge in [0.2, 0.25) is 5.91 Å². The number of rotatable bonds is 3. The fourth-order valence-corrected chi connectivity index (χ4v) is 1.86. The lowest BCUT2D eigenvalue weighted by Gasteiger charge is -2.06. The summed E-state index contributed by atoms with van der Waals surface area (Å²) >= 11 is 3.24. The van der Waals surface area contributed by atoms with Crippen molar-refractivity contribution >= 4 is 27.5 Å². The van der Waals surface area contributed by atoms with Crippen LogP contribution in [0.5, 0.6) is 0 Å². The molecule has 0 radical (unpaired) electrons. The number of amides is 1.